The summed E-state index contributed by atoms with van der Waals surface area (Å²) in [6.45, 7) is 6.13. The third-order valence-electron chi connectivity index (χ3n) is 3.13. The molecule has 0 bridgehead atoms. The second-order valence-electron chi connectivity index (χ2n) is 4.51. The fourth-order valence-corrected chi connectivity index (χ4v) is 2.03. The zero-order valence-corrected chi connectivity index (χ0v) is 11.6. The van der Waals surface area contributed by atoms with Crippen LogP contribution in [0, 0.1) is 0 Å². The molecule has 1 fully saturated rings. The van der Waals surface area contributed by atoms with Crippen molar-refractivity contribution in [3.05, 3.63) is 0 Å². The molecule has 0 aliphatic carbocycles. The van der Waals surface area contributed by atoms with E-state index in [0.717, 1.165) is 19.6 Å². The van der Waals surface area contributed by atoms with E-state index < -0.39 is 0 Å². The smallest absolute Gasteiger partial charge is 0.237 e. The van der Waals surface area contributed by atoms with Crippen molar-refractivity contribution in [1.82, 2.24) is 15.5 Å². The lowest BCUT2D eigenvalue weighted by molar-refractivity contribution is -0.129. The molecule has 2 atom stereocenters. The number of nitrogens with zero attached hydrogens (tertiary/aromatic N) is 1. The number of nitrogens with one attached hydrogen (secondary N) is 2. The molecule has 2 N–H and O–H groups in total. The van der Waals surface area contributed by atoms with Crippen LogP contribution in [0.25, 0.3) is 0 Å². The van der Waals surface area contributed by atoms with Crippen molar-refractivity contribution in [3.63, 3.8) is 0 Å². The molecule has 2 unspecified atom stereocenters. The number of carbonyl (C=O) groups excluding carboxylic acids is 1. The maximum absolute atomic E-state index is 11.9. The van der Waals surface area contributed by atoms with Crippen molar-refractivity contribution in [3.8, 4) is 0 Å². The molecule has 106 valence electrons. The third-order valence-corrected chi connectivity index (χ3v) is 3.13. The first-order valence-electron chi connectivity index (χ1n) is 6.46. The summed E-state index contributed by atoms with van der Waals surface area (Å²) < 4.78 is 10.5. The Balaban J connectivity index is 2.35. The van der Waals surface area contributed by atoms with Gasteiger partial charge in [-0.05, 0) is 14.0 Å². The van der Waals surface area contributed by atoms with E-state index in [1.807, 2.05) is 14.0 Å². The predicted molar refractivity (Wildman–Crippen MR) is 69.6 cm³/mol. The Labute approximate surface area is 109 Å². The number of methoxy groups -OCH3 is 1. The SMILES string of the molecule is CNCC1CN(C(C)C(=O)NCCOC)CCO1. The van der Waals surface area contributed by atoms with Gasteiger partial charge in [0.1, 0.15) is 0 Å². The fraction of sp³-hybridized carbons (Fsp3) is 0.917. The van der Waals surface area contributed by atoms with Crippen molar-refractivity contribution in [2.45, 2.75) is 19.1 Å². The first-order chi connectivity index (χ1) is 8.69. The Hall–Kier alpha value is -0.690. The van der Waals surface area contributed by atoms with Gasteiger partial charge in [0.05, 0.1) is 25.4 Å². The lowest BCUT2D eigenvalue weighted by atomic mass is 10.2. The van der Waals surface area contributed by atoms with Crippen LogP contribution in [-0.4, -0.2) is 76.5 Å². The van der Waals surface area contributed by atoms with E-state index in [-0.39, 0.29) is 18.1 Å². The quantitative estimate of drug-likeness (QED) is 0.578. The van der Waals surface area contributed by atoms with Crippen molar-refractivity contribution in [2.24, 2.45) is 0 Å². The van der Waals surface area contributed by atoms with E-state index in [2.05, 4.69) is 15.5 Å². The van der Waals surface area contributed by atoms with E-state index in [1.54, 1.807) is 7.11 Å². The molecular formula is C12H25N3O3. The number of amides is 1. The molecule has 6 heteroatoms. The van der Waals surface area contributed by atoms with Crippen LogP contribution >= 0.6 is 0 Å². The highest BCUT2D eigenvalue weighted by molar-refractivity contribution is 5.81. The fourth-order valence-electron chi connectivity index (χ4n) is 2.03. The van der Waals surface area contributed by atoms with Crippen molar-refractivity contribution < 1.29 is 14.3 Å². The molecular weight excluding hydrogens is 234 g/mol. The maximum Gasteiger partial charge on any atom is 0.237 e. The standard InChI is InChI=1S/C12H25N3O3/c1-10(12(16)14-4-6-17-3)15-5-7-18-11(9-15)8-13-2/h10-11,13H,4-9H2,1-3H3,(H,14,16). The van der Waals surface area contributed by atoms with Gasteiger partial charge in [-0.15, -0.1) is 0 Å². The zero-order valence-electron chi connectivity index (χ0n) is 11.6. The van der Waals surface area contributed by atoms with E-state index in [1.165, 1.54) is 0 Å². The van der Waals surface area contributed by atoms with Gasteiger partial charge in [0.15, 0.2) is 0 Å². The van der Waals surface area contributed by atoms with Crippen LogP contribution in [0.4, 0.5) is 0 Å². The molecule has 0 aromatic rings. The molecule has 0 aromatic carbocycles. The summed E-state index contributed by atoms with van der Waals surface area (Å²) in [5.41, 5.74) is 0. The number of hydrogen-bond donors (Lipinski definition) is 2. The average molecular weight is 259 g/mol. The number of hydrogen-bond acceptors (Lipinski definition) is 5. The van der Waals surface area contributed by atoms with Crippen LogP contribution in [0.3, 0.4) is 0 Å². The van der Waals surface area contributed by atoms with Crippen LogP contribution in [0.2, 0.25) is 0 Å². The molecule has 18 heavy (non-hydrogen) atoms. The van der Waals surface area contributed by atoms with Gasteiger partial charge in [-0.1, -0.05) is 0 Å². The van der Waals surface area contributed by atoms with Gasteiger partial charge in [0.2, 0.25) is 5.91 Å². The van der Waals surface area contributed by atoms with Crippen LogP contribution in [0.15, 0.2) is 0 Å². The van der Waals surface area contributed by atoms with E-state index in [4.69, 9.17) is 9.47 Å². The summed E-state index contributed by atoms with van der Waals surface area (Å²) >= 11 is 0. The minimum absolute atomic E-state index is 0.0529. The Morgan fingerprint density at radius 3 is 3.06 bits per heavy atom. The van der Waals surface area contributed by atoms with Crippen LogP contribution < -0.4 is 10.6 Å². The van der Waals surface area contributed by atoms with E-state index in [0.29, 0.717) is 19.8 Å². The van der Waals surface area contributed by atoms with E-state index >= 15 is 0 Å². The Morgan fingerprint density at radius 2 is 2.39 bits per heavy atom. The van der Waals surface area contributed by atoms with Gasteiger partial charge in [-0.25, -0.2) is 0 Å². The second kappa shape index (κ2) is 8.42. The minimum Gasteiger partial charge on any atom is -0.383 e. The van der Waals surface area contributed by atoms with Crippen LogP contribution in [-0.2, 0) is 14.3 Å². The van der Waals surface area contributed by atoms with Crippen LogP contribution in [0.1, 0.15) is 6.92 Å². The monoisotopic (exact) mass is 259 g/mol. The highest BCUT2D eigenvalue weighted by Gasteiger charge is 2.27. The van der Waals surface area contributed by atoms with Gasteiger partial charge in [0.25, 0.3) is 0 Å². The Morgan fingerprint density at radius 1 is 1.61 bits per heavy atom. The lowest BCUT2D eigenvalue weighted by Gasteiger charge is -2.36. The molecule has 0 aromatic heterocycles. The molecule has 1 amide bonds. The maximum atomic E-state index is 11.9. The molecule has 1 heterocycles. The summed E-state index contributed by atoms with van der Waals surface area (Å²) in [5, 5.41) is 5.96. The van der Waals surface area contributed by atoms with Crippen LogP contribution in [0.5, 0.6) is 0 Å². The highest BCUT2D eigenvalue weighted by Crippen LogP contribution is 2.08. The number of morpholine rings is 1. The first kappa shape index (κ1) is 15.4. The van der Waals surface area contributed by atoms with Gasteiger partial charge < -0.3 is 20.1 Å². The topological polar surface area (TPSA) is 62.8 Å². The van der Waals surface area contributed by atoms with Crippen molar-refractivity contribution in [2.75, 3.05) is 53.6 Å². The minimum atomic E-state index is -0.120. The Bertz CT molecular complexity index is 249. The normalized spacial score (nSPS) is 22.7. The Kier molecular flexibility index (Phi) is 7.19. The largest absolute Gasteiger partial charge is 0.383 e. The summed E-state index contributed by atoms with van der Waals surface area (Å²) in [7, 11) is 3.53. The molecule has 6 nitrogen and oxygen atoms in total. The van der Waals surface area contributed by atoms with Gasteiger partial charge in [-0.3, -0.25) is 9.69 Å². The van der Waals surface area contributed by atoms with E-state index in [9.17, 15) is 4.79 Å². The molecule has 0 spiro atoms. The summed E-state index contributed by atoms with van der Waals surface area (Å²) in [5.74, 6) is 0.0529. The third kappa shape index (κ3) is 4.89. The predicted octanol–water partition coefficient (Wildman–Crippen LogP) is -0.942. The number of likely N-dealkylation sites (N-methyl/N-ethyl adjacent to an activating group) is 1. The summed E-state index contributed by atoms with van der Waals surface area (Å²) in [6.07, 6.45) is 0.165. The zero-order chi connectivity index (χ0) is 13.4. The first-order valence-corrected chi connectivity index (χ1v) is 6.46. The number of ether oxygens (including phenoxy) is 2. The van der Waals surface area contributed by atoms with Gasteiger partial charge in [-0.2, -0.15) is 0 Å². The number of carbonyl (C=O) groups is 1. The molecule has 1 aliphatic heterocycles. The van der Waals surface area contributed by atoms with Gasteiger partial charge >= 0.3 is 0 Å². The summed E-state index contributed by atoms with van der Waals surface area (Å²) in [4.78, 5) is 14.1. The second-order valence-corrected chi connectivity index (χ2v) is 4.51. The molecule has 0 saturated carbocycles. The molecule has 0 radical (unpaired) electrons. The molecule has 1 saturated heterocycles. The average Bonchev–Trinajstić information content (AvgIpc) is 2.39. The molecule has 1 rings (SSSR count). The number of rotatable bonds is 7. The highest BCUT2D eigenvalue weighted by atomic mass is 16.5. The van der Waals surface area contributed by atoms with Crippen molar-refractivity contribution >= 4 is 5.91 Å². The van der Waals surface area contributed by atoms with Crippen molar-refractivity contribution in [1.29, 1.82) is 0 Å². The van der Waals surface area contributed by atoms with Gasteiger partial charge in [0, 0.05) is 33.3 Å². The molecule has 1 aliphatic rings. The lowest BCUT2D eigenvalue weighted by Crippen LogP contribution is -2.54. The summed E-state index contributed by atoms with van der Waals surface area (Å²) in [6, 6.07) is -0.120.